The monoisotopic (exact) mass is 276 g/mol. The Hall–Kier alpha value is -2.04. The summed E-state index contributed by atoms with van der Waals surface area (Å²) < 4.78 is 5.48. The van der Waals surface area contributed by atoms with E-state index < -0.39 is 0 Å². The molecule has 1 N–H and O–H groups in total. The van der Waals surface area contributed by atoms with Crippen molar-refractivity contribution in [3.05, 3.63) is 29.8 Å². The first-order valence-electron chi connectivity index (χ1n) is 6.99. The van der Waals surface area contributed by atoms with E-state index in [1.807, 2.05) is 6.92 Å². The van der Waals surface area contributed by atoms with Crippen LogP contribution in [0.15, 0.2) is 24.3 Å². The van der Waals surface area contributed by atoms with Crippen LogP contribution in [0.25, 0.3) is 0 Å². The number of carbonyl (C=O) groups is 2. The second-order valence-corrected chi connectivity index (χ2v) is 4.80. The van der Waals surface area contributed by atoms with Gasteiger partial charge in [0.15, 0.2) is 0 Å². The van der Waals surface area contributed by atoms with Gasteiger partial charge in [-0.3, -0.25) is 9.59 Å². The van der Waals surface area contributed by atoms with Crippen molar-refractivity contribution < 1.29 is 14.3 Å². The van der Waals surface area contributed by atoms with Gasteiger partial charge in [-0.2, -0.15) is 0 Å². The lowest BCUT2D eigenvalue weighted by Gasteiger charge is -2.19. The number of nitrogens with one attached hydrogen (secondary N) is 1. The molecule has 20 heavy (non-hydrogen) atoms. The van der Waals surface area contributed by atoms with E-state index in [1.54, 1.807) is 29.2 Å². The Labute approximate surface area is 118 Å². The van der Waals surface area contributed by atoms with Crippen molar-refractivity contribution >= 4 is 11.8 Å². The Morgan fingerprint density at radius 1 is 1.35 bits per heavy atom. The summed E-state index contributed by atoms with van der Waals surface area (Å²) in [6.45, 7) is 4.08. The van der Waals surface area contributed by atoms with Crippen molar-refractivity contribution in [1.29, 1.82) is 0 Å². The average Bonchev–Trinajstić information content (AvgIpc) is 2.69. The second kappa shape index (κ2) is 6.93. The number of benzene rings is 1. The lowest BCUT2D eigenvalue weighted by molar-refractivity contribution is -0.121. The molecule has 0 aliphatic carbocycles. The van der Waals surface area contributed by atoms with Crippen molar-refractivity contribution in [1.82, 2.24) is 10.2 Å². The Morgan fingerprint density at radius 3 is 2.80 bits per heavy atom. The molecule has 1 aliphatic rings. The molecular weight excluding hydrogens is 256 g/mol. The highest BCUT2D eigenvalue weighted by Crippen LogP contribution is 2.14. The van der Waals surface area contributed by atoms with Gasteiger partial charge in [0.2, 0.25) is 5.91 Å². The van der Waals surface area contributed by atoms with E-state index in [-0.39, 0.29) is 18.4 Å². The number of ether oxygens (including phenoxy) is 1. The minimum absolute atomic E-state index is 0.0984. The van der Waals surface area contributed by atoms with Crippen LogP contribution < -0.4 is 10.1 Å². The minimum atomic E-state index is -0.107. The van der Waals surface area contributed by atoms with Crippen LogP contribution in [0, 0.1) is 0 Å². The summed E-state index contributed by atoms with van der Waals surface area (Å²) in [4.78, 5) is 25.4. The third kappa shape index (κ3) is 3.73. The van der Waals surface area contributed by atoms with Gasteiger partial charge in [0.1, 0.15) is 5.75 Å². The Balaban J connectivity index is 2.02. The quantitative estimate of drug-likeness (QED) is 0.905. The lowest BCUT2D eigenvalue weighted by atomic mass is 10.2. The molecular formula is C15H20N2O3. The van der Waals surface area contributed by atoms with Crippen LogP contribution in [0.5, 0.6) is 5.75 Å². The van der Waals surface area contributed by atoms with Gasteiger partial charge in [-0.1, -0.05) is 6.92 Å². The summed E-state index contributed by atoms with van der Waals surface area (Å²) >= 11 is 0. The van der Waals surface area contributed by atoms with Crippen LogP contribution in [0.1, 0.15) is 30.1 Å². The smallest absolute Gasteiger partial charge is 0.254 e. The van der Waals surface area contributed by atoms with Gasteiger partial charge in [0.25, 0.3) is 5.91 Å². The van der Waals surface area contributed by atoms with Crippen molar-refractivity contribution in [2.24, 2.45) is 0 Å². The number of nitrogens with zero attached hydrogens (tertiary/aromatic N) is 1. The van der Waals surface area contributed by atoms with Gasteiger partial charge >= 0.3 is 0 Å². The molecule has 0 radical (unpaired) electrons. The highest BCUT2D eigenvalue weighted by atomic mass is 16.5. The third-order valence-electron chi connectivity index (χ3n) is 3.12. The zero-order valence-corrected chi connectivity index (χ0v) is 11.7. The summed E-state index contributed by atoms with van der Waals surface area (Å²) in [5, 5.41) is 2.76. The largest absolute Gasteiger partial charge is 0.494 e. The minimum Gasteiger partial charge on any atom is -0.494 e. The predicted octanol–water partition coefficient (Wildman–Crippen LogP) is 1.44. The highest BCUT2D eigenvalue weighted by Gasteiger charge is 2.20. The molecule has 5 nitrogen and oxygen atoms in total. The van der Waals surface area contributed by atoms with Crippen LogP contribution in [0.2, 0.25) is 0 Å². The maximum atomic E-state index is 12.3. The van der Waals surface area contributed by atoms with Gasteiger partial charge in [-0.25, -0.2) is 0 Å². The molecule has 1 aromatic rings. The third-order valence-corrected chi connectivity index (χ3v) is 3.12. The Morgan fingerprint density at radius 2 is 2.10 bits per heavy atom. The Bertz CT molecular complexity index is 471. The van der Waals surface area contributed by atoms with Crippen molar-refractivity contribution in [3.63, 3.8) is 0 Å². The fourth-order valence-electron chi connectivity index (χ4n) is 2.08. The van der Waals surface area contributed by atoms with Crippen LogP contribution >= 0.6 is 0 Å². The molecule has 2 rings (SSSR count). The average molecular weight is 276 g/mol. The normalized spacial score (nSPS) is 15.4. The van der Waals surface area contributed by atoms with Gasteiger partial charge in [0.05, 0.1) is 13.2 Å². The predicted molar refractivity (Wildman–Crippen MR) is 75.8 cm³/mol. The van der Waals surface area contributed by atoms with E-state index in [2.05, 4.69) is 5.32 Å². The van der Waals surface area contributed by atoms with E-state index in [0.29, 0.717) is 25.3 Å². The van der Waals surface area contributed by atoms with Crippen LogP contribution in [0.4, 0.5) is 0 Å². The highest BCUT2D eigenvalue weighted by molar-refractivity contribution is 5.96. The Kier molecular flexibility index (Phi) is 4.98. The standard InChI is InChI=1S/C15H20N2O3/c1-2-10-20-13-6-4-12(5-7-13)15(19)17-9-3-8-16-14(18)11-17/h4-7H,2-3,8-11H2,1H3,(H,16,18). The molecule has 1 aliphatic heterocycles. The lowest BCUT2D eigenvalue weighted by Crippen LogP contribution is -2.37. The fourth-order valence-corrected chi connectivity index (χ4v) is 2.08. The molecule has 5 heteroatoms. The van der Waals surface area contributed by atoms with E-state index in [9.17, 15) is 9.59 Å². The van der Waals surface area contributed by atoms with Crippen molar-refractivity contribution in [3.8, 4) is 5.75 Å². The maximum absolute atomic E-state index is 12.3. The molecule has 1 aromatic carbocycles. The van der Waals surface area contributed by atoms with Crippen LogP contribution in [-0.2, 0) is 4.79 Å². The van der Waals surface area contributed by atoms with Gasteiger partial charge < -0.3 is 15.0 Å². The topological polar surface area (TPSA) is 58.6 Å². The first kappa shape index (κ1) is 14.4. The molecule has 0 bridgehead atoms. The van der Waals surface area contributed by atoms with Crippen molar-refractivity contribution in [2.75, 3.05) is 26.2 Å². The summed E-state index contributed by atoms with van der Waals surface area (Å²) in [6.07, 6.45) is 1.73. The van der Waals surface area contributed by atoms with Gasteiger partial charge in [-0.05, 0) is 37.1 Å². The zero-order valence-electron chi connectivity index (χ0n) is 11.7. The molecule has 108 valence electrons. The second-order valence-electron chi connectivity index (χ2n) is 4.80. The zero-order chi connectivity index (χ0) is 14.4. The molecule has 0 atom stereocenters. The molecule has 2 amide bonds. The van der Waals surface area contributed by atoms with E-state index >= 15 is 0 Å². The fraction of sp³-hybridized carbons (Fsp3) is 0.467. The van der Waals surface area contributed by atoms with E-state index in [4.69, 9.17) is 4.74 Å². The molecule has 0 saturated carbocycles. The summed E-state index contributed by atoms with van der Waals surface area (Å²) in [5.41, 5.74) is 0.587. The molecule has 0 aromatic heterocycles. The van der Waals surface area contributed by atoms with Gasteiger partial charge in [0, 0.05) is 18.7 Å². The number of hydrogen-bond acceptors (Lipinski definition) is 3. The summed E-state index contributed by atoms with van der Waals surface area (Å²) in [7, 11) is 0. The van der Waals surface area contributed by atoms with Crippen molar-refractivity contribution in [2.45, 2.75) is 19.8 Å². The van der Waals surface area contributed by atoms with Gasteiger partial charge in [-0.15, -0.1) is 0 Å². The molecule has 0 unspecified atom stereocenters. The summed E-state index contributed by atoms with van der Waals surface area (Å²) in [6, 6.07) is 7.08. The molecule has 1 saturated heterocycles. The van der Waals surface area contributed by atoms with E-state index in [1.165, 1.54) is 0 Å². The number of hydrogen-bond donors (Lipinski definition) is 1. The molecule has 1 fully saturated rings. The molecule has 1 heterocycles. The number of amides is 2. The first-order valence-corrected chi connectivity index (χ1v) is 6.99. The SMILES string of the molecule is CCCOc1ccc(C(=O)N2CCCNC(=O)C2)cc1. The number of rotatable bonds is 4. The number of carbonyl (C=O) groups excluding carboxylic acids is 2. The maximum Gasteiger partial charge on any atom is 0.254 e. The summed E-state index contributed by atoms with van der Waals surface area (Å²) in [5.74, 6) is 0.555. The van der Waals surface area contributed by atoms with E-state index in [0.717, 1.165) is 18.6 Å². The van der Waals surface area contributed by atoms with Crippen LogP contribution in [0.3, 0.4) is 0 Å². The van der Waals surface area contributed by atoms with Crippen LogP contribution in [-0.4, -0.2) is 43.0 Å². The first-order chi connectivity index (χ1) is 9.70. The molecule has 0 spiro atoms.